The van der Waals surface area contributed by atoms with Gasteiger partial charge < -0.3 is 20.1 Å². The molecule has 0 atom stereocenters. The van der Waals surface area contributed by atoms with Gasteiger partial charge in [0.05, 0.1) is 0 Å². The number of amides is 2. The number of rotatable bonds is 6. The highest BCUT2D eigenvalue weighted by Crippen LogP contribution is 2.17. The Morgan fingerprint density at radius 2 is 2.26 bits per heavy atom. The number of aliphatic carboxylic acids is 1. The van der Waals surface area contributed by atoms with Crippen molar-refractivity contribution in [3.8, 4) is 5.75 Å². The summed E-state index contributed by atoms with van der Waals surface area (Å²) in [6.45, 7) is 3.56. The zero-order chi connectivity index (χ0) is 14.3. The summed E-state index contributed by atoms with van der Waals surface area (Å²) in [5, 5.41) is 11.2. The first-order valence-corrected chi connectivity index (χ1v) is 5.60. The summed E-state index contributed by atoms with van der Waals surface area (Å²) in [6, 6.07) is 6.25. The number of urea groups is 1. The minimum Gasteiger partial charge on any atom is -0.482 e. The monoisotopic (exact) mass is 264 g/mol. The second kappa shape index (κ2) is 7.05. The normalized spacial score (nSPS) is 9.53. The van der Waals surface area contributed by atoms with E-state index in [0.29, 0.717) is 18.0 Å². The summed E-state index contributed by atoms with van der Waals surface area (Å²) in [4.78, 5) is 23.6. The number of nitrogens with one attached hydrogen (secondary N) is 1. The van der Waals surface area contributed by atoms with Crippen molar-refractivity contribution >= 4 is 17.7 Å². The number of hydrogen-bond donors (Lipinski definition) is 2. The molecule has 0 spiro atoms. The van der Waals surface area contributed by atoms with E-state index in [4.69, 9.17) is 9.84 Å². The first-order valence-electron chi connectivity index (χ1n) is 5.60. The third kappa shape index (κ3) is 5.12. The number of ether oxygens (including phenoxy) is 1. The summed E-state index contributed by atoms with van der Waals surface area (Å²) < 4.78 is 5.02. The van der Waals surface area contributed by atoms with Gasteiger partial charge in [-0.15, -0.1) is 6.58 Å². The molecular formula is C13H16N2O4. The van der Waals surface area contributed by atoms with Gasteiger partial charge in [0.25, 0.3) is 0 Å². The number of nitrogens with zero attached hydrogens (tertiary/aromatic N) is 1. The van der Waals surface area contributed by atoms with Crippen molar-refractivity contribution in [2.75, 3.05) is 25.5 Å². The molecule has 0 aliphatic heterocycles. The lowest BCUT2D eigenvalue weighted by atomic mass is 10.3. The van der Waals surface area contributed by atoms with Crippen LogP contribution in [0.15, 0.2) is 36.9 Å². The number of hydrogen-bond acceptors (Lipinski definition) is 3. The lowest BCUT2D eigenvalue weighted by Gasteiger charge is -2.16. The van der Waals surface area contributed by atoms with Crippen LogP contribution >= 0.6 is 0 Å². The molecule has 6 nitrogen and oxygen atoms in total. The van der Waals surface area contributed by atoms with Crippen LogP contribution in [0.25, 0.3) is 0 Å². The van der Waals surface area contributed by atoms with E-state index in [1.54, 1.807) is 37.4 Å². The molecule has 0 saturated heterocycles. The lowest BCUT2D eigenvalue weighted by Crippen LogP contribution is -2.31. The van der Waals surface area contributed by atoms with Crippen LogP contribution in [0, 0.1) is 0 Å². The summed E-state index contributed by atoms with van der Waals surface area (Å²) in [6.07, 6.45) is 1.62. The Balaban J connectivity index is 2.63. The van der Waals surface area contributed by atoms with Gasteiger partial charge in [-0.05, 0) is 12.1 Å². The first kappa shape index (κ1) is 14.6. The molecule has 0 bridgehead atoms. The topological polar surface area (TPSA) is 78.9 Å². The van der Waals surface area contributed by atoms with Gasteiger partial charge in [0.15, 0.2) is 6.61 Å². The van der Waals surface area contributed by atoms with Gasteiger partial charge in [-0.1, -0.05) is 12.1 Å². The second-order valence-corrected chi connectivity index (χ2v) is 3.81. The predicted molar refractivity (Wildman–Crippen MR) is 71.4 cm³/mol. The fourth-order valence-corrected chi connectivity index (χ4v) is 1.30. The zero-order valence-electron chi connectivity index (χ0n) is 10.6. The van der Waals surface area contributed by atoms with Crippen molar-refractivity contribution in [2.24, 2.45) is 0 Å². The number of carbonyl (C=O) groups is 2. The van der Waals surface area contributed by atoms with Gasteiger partial charge >= 0.3 is 12.0 Å². The Morgan fingerprint density at radius 1 is 1.53 bits per heavy atom. The van der Waals surface area contributed by atoms with Crippen molar-refractivity contribution in [1.82, 2.24) is 4.90 Å². The standard InChI is InChI=1S/C13H16N2O4/c1-3-7-15(2)13(18)14-10-5-4-6-11(8-10)19-9-12(16)17/h3-6,8H,1,7,9H2,2H3,(H,14,18)(H,16,17). The Morgan fingerprint density at radius 3 is 2.89 bits per heavy atom. The van der Waals surface area contributed by atoms with Gasteiger partial charge in [-0.3, -0.25) is 0 Å². The average molecular weight is 264 g/mol. The number of carboxylic acids is 1. The maximum atomic E-state index is 11.7. The molecule has 102 valence electrons. The van der Waals surface area contributed by atoms with Gasteiger partial charge in [0.2, 0.25) is 0 Å². The Hall–Kier alpha value is -2.50. The smallest absolute Gasteiger partial charge is 0.341 e. The molecule has 0 saturated carbocycles. The number of likely N-dealkylation sites (N-methyl/N-ethyl adjacent to an activating group) is 1. The maximum absolute atomic E-state index is 11.7. The Kier molecular flexibility index (Phi) is 5.40. The predicted octanol–water partition coefficient (Wildman–Crippen LogP) is 1.80. The number of carbonyl (C=O) groups excluding carboxylic acids is 1. The summed E-state index contributed by atoms with van der Waals surface area (Å²) in [5.41, 5.74) is 0.531. The van der Waals surface area contributed by atoms with Crippen LogP contribution in [0.5, 0.6) is 5.75 Å². The molecule has 1 aromatic rings. The van der Waals surface area contributed by atoms with Gasteiger partial charge in [0.1, 0.15) is 5.75 Å². The third-order valence-corrected chi connectivity index (χ3v) is 2.20. The summed E-state index contributed by atoms with van der Waals surface area (Å²) in [5.74, 6) is -0.674. The number of carboxylic acid groups (broad SMARTS) is 1. The van der Waals surface area contributed by atoms with E-state index in [9.17, 15) is 9.59 Å². The molecule has 0 aromatic heterocycles. The highest BCUT2D eigenvalue weighted by Gasteiger charge is 2.07. The molecule has 1 aromatic carbocycles. The van der Waals surface area contributed by atoms with Crippen LogP contribution in [0.2, 0.25) is 0 Å². The fraction of sp³-hybridized carbons (Fsp3) is 0.231. The van der Waals surface area contributed by atoms with Crippen molar-refractivity contribution in [3.63, 3.8) is 0 Å². The van der Waals surface area contributed by atoms with Gasteiger partial charge in [-0.2, -0.15) is 0 Å². The van der Waals surface area contributed by atoms with Crippen molar-refractivity contribution < 1.29 is 19.4 Å². The maximum Gasteiger partial charge on any atom is 0.341 e. The van der Waals surface area contributed by atoms with Crippen molar-refractivity contribution in [3.05, 3.63) is 36.9 Å². The van der Waals surface area contributed by atoms with Crippen LogP contribution in [-0.2, 0) is 4.79 Å². The van der Waals surface area contributed by atoms with E-state index in [1.165, 1.54) is 4.90 Å². The van der Waals surface area contributed by atoms with E-state index in [-0.39, 0.29) is 6.03 Å². The molecule has 0 radical (unpaired) electrons. The third-order valence-electron chi connectivity index (χ3n) is 2.20. The molecule has 0 heterocycles. The van der Waals surface area contributed by atoms with Gasteiger partial charge in [0, 0.05) is 25.3 Å². The average Bonchev–Trinajstić information content (AvgIpc) is 2.37. The highest BCUT2D eigenvalue weighted by molar-refractivity contribution is 5.89. The lowest BCUT2D eigenvalue weighted by molar-refractivity contribution is -0.139. The molecule has 1 rings (SSSR count). The van der Waals surface area contributed by atoms with E-state index in [1.807, 2.05) is 0 Å². The zero-order valence-corrected chi connectivity index (χ0v) is 10.6. The van der Waals surface area contributed by atoms with E-state index < -0.39 is 12.6 Å². The van der Waals surface area contributed by atoms with Crippen LogP contribution in [0.4, 0.5) is 10.5 Å². The Bertz CT molecular complexity index is 473. The van der Waals surface area contributed by atoms with Crippen LogP contribution in [-0.4, -0.2) is 42.2 Å². The van der Waals surface area contributed by atoms with Crippen LogP contribution in [0.1, 0.15) is 0 Å². The largest absolute Gasteiger partial charge is 0.482 e. The van der Waals surface area contributed by atoms with Gasteiger partial charge in [-0.25, -0.2) is 9.59 Å². The molecule has 0 unspecified atom stereocenters. The van der Waals surface area contributed by atoms with Crippen LogP contribution in [0.3, 0.4) is 0 Å². The van der Waals surface area contributed by atoms with E-state index in [0.717, 1.165) is 0 Å². The molecule has 2 N–H and O–H groups in total. The quantitative estimate of drug-likeness (QED) is 0.768. The Labute approximate surface area is 111 Å². The molecule has 6 heteroatoms. The van der Waals surface area contributed by atoms with Crippen LogP contribution < -0.4 is 10.1 Å². The molecular weight excluding hydrogens is 248 g/mol. The SMILES string of the molecule is C=CCN(C)C(=O)Nc1cccc(OCC(=O)O)c1. The molecule has 0 fully saturated rings. The summed E-state index contributed by atoms with van der Waals surface area (Å²) in [7, 11) is 1.64. The molecule has 0 aliphatic rings. The van der Waals surface area contributed by atoms with Crippen molar-refractivity contribution in [2.45, 2.75) is 0 Å². The first-order chi connectivity index (χ1) is 9.02. The highest BCUT2D eigenvalue weighted by atomic mass is 16.5. The summed E-state index contributed by atoms with van der Waals surface area (Å²) >= 11 is 0. The van der Waals surface area contributed by atoms with E-state index >= 15 is 0 Å². The molecule has 0 aliphatic carbocycles. The molecule has 19 heavy (non-hydrogen) atoms. The van der Waals surface area contributed by atoms with Crippen molar-refractivity contribution in [1.29, 1.82) is 0 Å². The number of benzene rings is 1. The minimum absolute atomic E-state index is 0.282. The fourth-order valence-electron chi connectivity index (χ4n) is 1.30. The number of anilines is 1. The second-order valence-electron chi connectivity index (χ2n) is 3.81. The molecule has 2 amide bonds. The van der Waals surface area contributed by atoms with E-state index in [2.05, 4.69) is 11.9 Å². The minimum atomic E-state index is -1.06.